The molecule has 0 amide bonds. The Labute approximate surface area is 120 Å². The number of nitrogens with one attached hydrogen (secondary N) is 1. The monoisotopic (exact) mass is 267 g/mol. The van der Waals surface area contributed by atoms with Gasteiger partial charge in [-0.25, -0.2) is 0 Å². The summed E-state index contributed by atoms with van der Waals surface area (Å²) in [5, 5.41) is 13.2. The first-order valence-corrected chi connectivity index (χ1v) is 7.27. The molecule has 3 rings (SSSR count). The normalized spacial score (nSPS) is 15.2. The van der Waals surface area contributed by atoms with E-state index in [0.29, 0.717) is 5.92 Å². The molecule has 0 fully saturated rings. The van der Waals surface area contributed by atoms with Gasteiger partial charge in [0.25, 0.3) is 0 Å². The minimum atomic E-state index is 0.110. The number of benzene rings is 2. The van der Waals surface area contributed by atoms with Crippen molar-refractivity contribution in [1.82, 2.24) is 5.32 Å². The van der Waals surface area contributed by atoms with Gasteiger partial charge in [0.1, 0.15) is 0 Å². The Hall–Kier alpha value is -1.64. The summed E-state index contributed by atoms with van der Waals surface area (Å²) in [5.41, 5.74) is 5.24. The van der Waals surface area contributed by atoms with Gasteiger partial charge in [-0.2, -0.15) is 0 Å². The number of aliphatic hydroxyl groups excluding tert-OH is 1. The molecule has 2 N–H and O–H groups in total. The van der Waals surface area contributed by atoms with E-state index in [1.54, 1.807) is 0 Å². The second-order valence-corrected chi connectivity index (χ2v) is 5.81. The fraction of sp³-hybridized carbons (Fsp3) is 0.333. The summed E-state index contributed by atoms with van der Waals surface area (Å²) in [6, 6.07) is 17.4. The van der Waals surface area contributed by atoms with Crippen molar-refractivity contribution in [1.29, 1.82) is 0 Å². The van der Waals surface area contributed by atoms with Gasteiger partial charge < -0.3 is 10.4 Å². The van der Waals surface area contributed by atoms with Gasteiger partial charge in [0.05, 0.1) is 12.6 Å². The molecule has 1 aliphatic rings. The molecule has 0 saturated carbocycles. The van der Waals surface area contributed by atoms with Crippen LogP contribution in [0.15, 0.2) is 48.5 Å². The summed E-state index contributed by atoms with van der Waals surface area (Å²) in [6.07, 6.45) is 0. The van der Waals surface area contributed by atoms with Crippen LogP contribution < -0.4 is 5.32 Å². The molecular weight excluding hydrogens is 246 g/mol. The average Bonchev–Trinajstić information content (AvgIpc) is 2.79. The first-order valence-electron chi connectivity index (χ1n) is 7.27. The highest BCUT2D eigenvalue weighted by Gasteiger charge is 2.29. The second-order valence-electron chi connectivity index (χ2n) is 5.81. The molecule has 2 heteroatoms. The van der Waals surface area contributed by atoms with E-state index in [2.05, 4.69) is 67.7 Å². The van der Waals surface area contributed by atoms with Gasteiger partial charge in [-0.3, -0.25) is 0 Å². The molecule has 0 spiro atoms. The van der Waals surface area contributed by atoms with E-state index in [1.807, 2.05) is 0 Å². The van der Waals surface area contributed by atoms with Gasteiger partial charge in [0.2, 0.25) is 0 Å². The minimum absolute atomic E-state index is 0.110. The largest absolute Gasteiger partial charge is 0.395 e. The molecule has 104 valence electrons. The molecule has 0 heterocycles. The third-order valence-corrected chi connectivity index (χ3v) is 4.22. The molecule has 0 aromatic heterocycles. The minimum Gasteiger partial charge on any atom is -0.395 e. The van der Waals surface area contributed by atoms with E-state index in [-0.39, 0.29) is 18.7 Å². The quantitative estimate of drug-likeness (QED) is 0.890. The fourth-order valence-electron chi connectivity index (χ4n) is 3.01. The molecule has 0 radical (unpaired) electrons. The molecule has 0 saturated heterocycles. The summed E-state index contributed by atoms with van der Waals surface area (Å²) in [4.78, 5) is 0. The van der Waals surface area contributed by atoms with Crippen LogP contribution in [-0.4, -0.2) is 17.8 Å². The van der Waals surface area contributed by atoms with Gasteiger partial charge in [0, 0.05) is 6.04 Å². The maximum Gasteiger partial charge on any atom is 0.0591 e. The topological polar surface area (TPSA) is 32.3 Å². The zero-order chi connectivity index (χ0) is 14.1. The lowest BCUT2D eigenvalue weighted by atomic mass is 10.00. The Morgan fingerprint density at radius 1 is 0.950 bits per heavy atom. The van der Waals surface area contributed by atoms with Gasteiger partial charge in [-0.1, -0.05) is 62.4 Å². The molecular formula is C18H21NO. The summed E-state index contributed by atoms with van der Waals surface area (Å²) < 4.78 is 0. The Morgan fingerprint density at radius 2 is 1.45 bits per heavy atom. The zero-order valence-electron chi connectivity index (χ0n) is 12.0. The molecule has 2 aromatic rings. The van der Waals surface area contributed by atoms with Crippen LogP contribution in [0.2, 0.25) is 0 Å². The van der Waals surface area contributed by atoms with Crippen LogP contribution in [0.25, 0.3) is 11.1 Å². The Balaban J connectivity index is 2.03. The smallest absolute Gasteiger partial charge is 0.0591 e. The predicted octanol–water partition coefficient (Wildman–Crippen LogP) is 3.36. The fourth-order valence-corrected chi connectivity index (χ4v) is 3.01. The van der Waals surface area contributed by atoms with Crippen molar-refractivity contribution in [2.75, 3.05) is 6.61 Å². The lowest BCUT2D eigenvalue weighted by Gasteiger charge is -2.25. The molecule has 0 unspecified atom stereocenters. The highest BCUT2D eigenvalue weighted by Crippen LogP contribution is 2.43. The second kappa shape index (κ2) is 5.39. The van der Waals surface area contributed by atoms with Crippen molar-refractivity contribution >= 4 is 0 Å². The van der Waals surface area contributed by atoms with Crippen molar-refractivity contribution < 1.29 is 5.11 Å². The van der Waals surface area contributed by atoms with Gasteiger partial charge in [-0.05, 0) is 28.2 Å². The van der Waals surface area contributed by atoms with E-state index in [9.17, 15) is 5.11 Å². The highest BCUT2D eigenvalue weighted by molar-refractivity contribution is 5.78. The summed E-state index contributed by atoms with van der Waals surface area (Å²) in [6.45, 7) is 4.44. The summed E-state index contributed by atoms with van der Waals surface area (Å²) in [5.74, 6) is 0.403. The van der Waals surface area contributed by atoms with E-state index in [4.69, 9.17) is 0 Å². The van der Waals surface area contributed by atoms with Crippen LogP contribution in [0.3, 0.4) is 0 Å². The Morgan fingerprint density at radius 3 is 1.90 bits per heavy atom. The standard InChI is InChI=1S/C18H21NO/c1-12(2)17(11-20)19-18-15-9-5-3-7-13(15)14-8-4-6-10-16(14)18/h3-10,12,17-20H,11H2,1-2H3/t17-/m1/s1. The zero-order valence-corrected chi connectivity index (χ0v) is 12.0. The average molecular weight is 267 g/mol. The number of hydrogen-bond acceptors (Lipinski definition) is 2. The summed E-state index contributed by atoms with van der Waals surface area (Å²) in [7, 11) is 0. The third kappa shape index (κ3) is 2.15. The van der Waals surface area contributed by atoms with Crippen molar-refractivity contribution in [3.05, 3.63) is 59.7 Å². The van der Waals surface area contributed by atoms with Gasteiger partial charge in [0.15, 0.2) is 0 Å². The van der Waals surface area contributed by atoms with E-state index in [0.717, 1.165) is 0 Å². The number of rotatable bonds is 4. The molecule has 2 aromatic carbocycles. The lowest BCUT2D eigenvalue weighted by molar-refractivity contribution is 0.204. The van der Waals surface area contributed by atoms with Crippen LogP contribution in [-0.2, 0) is 0 Å². The molecule has 0 bridgehead atoms. The van der Waals surface area contributed by atoms with Crippen molar-refractivity contribution in [3.63, 3.8) is 0 Å². The van der Waals surface area contributed by atoms with Crippen LogP contribution in [0, 0.1) is 5.92 Å². The molecule has 2 nitrogen and oxygen atoms in total. The van der Waals surface area contributed by atoms with Crippen molar-refractivity contribution in [2.24, 2.45) is 5.92 Å². The Bertz CT molecular complexity index is 560. The van der Waals surface area contributed by atoms with Crippen LogP contribution >= 0.6 is 0 Å². The number of hydrogen-bond donors (Lipinski definition) is 2. The van der Waals surface area contributed by atoms with Crippen LogP contribution in [0.5, 0.6) is 0 Å². The first kappa shape index (κ1) is 13.3. The molecule has 1 atom stereocenters. The first-order chi connectivity index (χ1) is 9.72. The van der Waals surface area contributed by atoms with E-state index >= 15 is 0 Å². The highest BCUT2D eigenvalue weighted by atomic mass is 16.3. The van der Waals surface area contributed by atoms with Crippen LogP contribution in [0.4, 0.5) is 0 Å². The summed E-state index contributed by atoms with van der Waals surface area (Å²) >= 11 is 0. The lowest BCUT2D eigenvalue weighted by Crippen LogP contribution is -2.39. The van der Waals surface area contributed by atoms with E-state index in [1.165, 1.54) is 22.3 Å². The SMILES string of the molecule is CC(C)[C@@H](CO)NC1c2ccccc2-c2ccccc21. The van der Waals surface area contributed by atoms with Gasteiger partial charge in [-0.15, -0.1) is 0 Å². The predicted molar refractivity (Wildman–Crippen MR) is 82.6 cm³/mol. The third-order valence-electron chi connectivity index (χ3n) is 4.22. The van der Waals surface area contributed by atoms with Crippen LogP contribution in [0.1, 0.15) is 31.0 Å². The van der Waals surface area contributed by atoms with Crippen molar-refractivity contribution in [2.45, 2.75) is 25.9 Å². The maximum atomic E-state index is 9.59. The van der Waals surface area contributed by atoms with E-state index < -0.39 is 0 Å². The van der Waals surface area contributed by atoms with Gasteiger partial charge >= 0.3 is 0 Å². The molecule has 1 aliphatic carbocycles. The maximum absolute atomic E-state index is 9.59. The number of fused-ring (bicyclic) bond motifs is 3. The number of aliphatic hydroxyl groups is 1. The molecule has 20 heavy (non-hydrogen) atoms. The Kier molecular flexibility index (Phi) is 3.60. The molecule has 0 aliphatic heterocycles. The van der Waals surface area contributed by atoms with Crippen molar-refractivity contribution in [3.8, 4) is 11.1 Å².